The molecule has 0 bridgehead atoms. The molecule has 0 aliphatic carbocycles. The summed E-state index contributed by atoms with van der Waals surface area (Å²) in [7, 11) is 0. The van der Waals surface area contributed by atoms with Crippen LogP contribution >= 0.6 is 0 Å². The van der Waals surface area contributed by atoms with Crippen LogP contribution < -0.4 is 5.32 Å². The van der Waals surface area contributed by atoms with Gasteiger partial charge in [0.2, 0.25) is 0 Å². The van der Waals surface area contributed by atoms with Gasteiger partial charge in [-0.25, -0.2) is 0 Å². The van der Waals surface area contributed by atoms with Gasteiger partial charge in [0.15, 0.2) is 0 Å². The van der Waals surface area contributed by atoms with Crippen LogP contribution in [0.1, 0.15) is 40.5 Å². The van der Waals surface area contributed by atoms with Crippen LogP contribution in [0.25, 0.3) is 0 Å². The summed E-state index contributed by atoms with van der Waals surface area (Å²) in [6.45, 7) is 11.6. The minimum Gasteiger partial charge on any atom is -0.311 e. The highest BCUT2D eigenvalue weighted by Crippen LogP contribution is 2.14. The number of nitrogens with one attached hydrogen (secondary N) is 1. The van der Waals surface area contributed by atoms with Gasteiger partial charge in [-0.1, -0.05) is 13.8 Å². The lowest BCUT2D eigenvalue weighted by molar-refractivity contribution is 0.0955. The first kappa shape index (κ1) is 11.0. The molecule has 1 rings (SSSR count). The molecule has 1 saturated heterocycles. The van der Waals surface area contributed by atoms with Gasteiger partial charge in [-0.05, 0) is 26.7 Å². The van der Waals surface area contributed by atoms with Crippen LogP contribution in [0.2, 0.25) is 0 Å². The Bertz CT molecular complexity index is 143. The molecule has 1 N–H and O–H groups in total. The van der Waals surface area contributed by atoms with Crippen molar-refractivity contribution in [1.82, 2.24) is 10.2 Å². The monoisotopic (exact) mass is 184 g/mol. The molecule has 0 aromatic rings. The SMILES string of the molecule is CCC1CN(C(C)CC)C(C)CN1. The van der Waals surface area contributed by atoms with Crippen molar-refractivity contribution < 1.29 is 0 Å². The van der Waals surface area contributed by atoms with Gasteiger partial charge >= 0.3 is 0 Å². The summed E-state index contributed by atoms with van der Waals surface area (Å²) in [6, 6.07) is 2.16. The van der Waals surface area contributed by atoms with E-state index in [0.717, 1.165) is 12.6 Å². The minimum absolute atomic E-state index is 0.706. The molecule has 1 heterocycles. The summed E-state index contributed by atoms with van der Waals surface area (Å²) in [4.78, 5) is 2.64. The van der Waals surface area contributed by atoms with Gasteiger partial charge in [0.05, 0.1) is 0 Å². The summed E-state index contributed by atoms with van der Waals surface area (Å²) in [5.41, 5.74) is 0. The lowest BCUT2D eigenvalue weighted by Crippen LogP contribution is -2.57. The highest BCUT2D eigenvalue weighted by atomic mass is 15.2. The normalized spacial score (nSPS) is 33.2. The van der Waals surface area contributed by atoms with E-state index in [1.54, 1.807) is 0 Å². The molecule has 3 unspecified atom stereocenters. The maximum absolute atomic E-state index is 3.59. The smallest absolute Gasteiger partial charge is 0.0195 e. The van der Waals surface area contributed by atoms with E-state index < -0.39 is 0 Å². The predicted molar refractivity (Wildman–Crippen MR) is 58.0 cm³/mol. The number of hydrogen-bond acceptors (Lipinski definition) is 2. The molecule has 13 heavy (non-hydrogen) atoms. The topological polar surface area (TPSA) is 15.3 Å². The van der Waals surface area contributed by atoms with Crippen LogP contribution in [0, 0.1) is 0 Å². The lowest BCUT2D eigenvalue weighted by atomic mass is 10.0. The average Bonchev–Trinajstić information content (AvgIpc) is 2.17. The van der Waals surface area contributed by atoms with Crippen molar-refractivity contribution in [2.75, 3.05) is 13.1 Å². The van der Waals surface area contributed by atoms with Crippen molar-refractivity contribution in [2.45, 2.75) is 58.7 Å². The van der Waals surface area contributed by atoms with Crippen molar-refractivity contribution in [3.05, 3.63) is 0 Å². The summed E-state index contributed by atoms with van der Waals surface area (Å²) in [5, 5.41) is 3.59. The second kappa shape index (κ2) is 4.97. The standard InChI is InChI=1S/C11H24N2/c1-5-9(3)13-8-11(6-2)12-7-10(13)4/h9-12H,5-8H2,1-4H3. The minimum atomic E-state index is 0.706. The van der Waals surface area contributed by atoms with E-state index in [1.807, 2.05) is 0 Å². The zero-order chi connectivity index (χ0) is 9.84. The van der Waals surface area contributed by atoms with Crippen LogP contribution in [0.3, 0.4) is 0 Å². The Labute approximate surface area is 82.7 Å². The van der Waals surface area contributed by atoms with Gasteiger partial charge in [-0.15, -0.1) is 0 Å². The van der Waals surface area contributed by atoms with Gasteiger partial charge in [0.25, 0.3) is 0 Å². The molecule has 1 aliphatic heterocycles. The molecule has 1 aliphatic rings. The number of rotatable bonds is 3. The van der Waals surface area contributed by atoms with Crippen molar-refractivity contribution in [1.29, 1.82) is 0 Å². The first-order valence-electron chi connectivity index (χ1n) is 5.68. The van der Waals surface area contributed by atoms with E-state index in [9.17, 15) is 0 Å². The van der Waals surface area contributed by atoms with Crippen molar-refractivity contribution in [2.24, 2.45) is 0 Å². The van der Waals surface area contributed by atoms with Gasteiger partial charge < -0.3 is 5.32 Å². The maximum atomic E-state index is 3.59. The van der Waals surface area contributed by atoms with Gasteiger partial charge in [0.1, 0.15) is 0 Å². The highest BCUT2D eigenvalue weighted by molar-refractivity contribution is 4.85. The molecule has 78 valence electrons. The fourth-order valence-corrected chi connectivity index (χ4v) is 2.08. The second-order valence-corrected chi connectivity index (χ2v) is 4.32. The van der Waals surface area contributed by atoms with E-state index in [2.05, 4.69) is 37.9 Å². The molecular weight excluding hydrogens is 160 g/mol. The highest BCUT2D eigenvalue weighted by Gasteiger charge is 2.26. The van der Waals surface area contributed by atoms with Crippen LogP contribution in [-0.2, 0) is 0 Å². The summed E-state index contributed by atoms with van der Waals surface area (Å²) in [6.07, 6.45) is 2.51. The predicted octanol–water partition coefficient (Wildman–Crippen LogP) is 1.86. The summed E-state index contributed by atoms with van der Waals surface area (Å²) < 4.78 is 0. The van der Waals surface area contributed by atoms with E-state index in [0.29, 0.717) is 12.1 Å². The first-order valence-corrected chi connectivity index (χ1v) is 5.68. The third kappa shape index (κ3) is 2.68. The van der Waals surface area contributed by atoms with Gasteiger partial charge in [-0.3, -0.25) is 4.90 Å². The molecule has 0 aromatic heterocycles. The Morgan fingerprint density at radius 3 is 2.69 bits per heavy atom. The van der Waals surface area contributed by atoms with E-state index in [1.165, 1.54) is 19.4 Å². The van der Waals surface area contributed by atoms with Crippen molar-refractivity contribution in [3.63, 3.8) is 0 Å². The summed E-state index contributed by atoms with van der Waals surface area (Å²) >= 11 is 0. The molecule has 3 atom stereocenters. The largest absolute Gasteiger partial charge is 0.311 e. The Morgan fingerprint density at radius 1 is 1.46 bits per heavy atom. The zero-order valence-corrected chi connectivity index (χ0v) is 9.51. The van der Waals surface area contributed by atoms with Gasteiger partial charge in [-0.2, -0.15) is 0 Å². The van der Waals surface area contributed by atoms with Crippen LogP contribution in [0.15, 0.2) is 0 Å². The van der Waals surface area contributed by atoms with Crippen LogP contribution in [-0.4, -0.2) is 36.1 Å². The first-order chi connectivity index (χ1) is 6.19. The molecule has 1 fully saturated rings. The fraction of sp³-hybridized carbons (Fsp3) is 1.00. The average molecular weight is 184 g/mol. The molecule has 0 amide bonds. The third-order valence-electron chi connectivity index (χ3n) is 3.35. The Kier molecular flexibility index (Phi) is 4.20. The third-order valence-corrected chi connectivity index (χ3v) is 3.35. The summed E-state index contributed by atoms with van der Waals surface area (Å²) in [5.74, 6) is 0. The van der Waals surface area contributed by atoms with Crippen LogP contribution in [0.4, 0.5) is 0 Å². The zero-order valence-electron chi connectivity index (χ0n) is 9.51. The van der Waals surface area contributed by atoms with E-state index in [-0.39, 0.29) is 0 Å². The lowest BCUT2D eigenvalue weighted by Gasteiger charge is -2.42. The fourth-order valence-electron chi connectivity index (χ4n) is 2.08. The van der Waals surface area contributed by atoms with E-state index in [4.69, 9.17) is 0 Å². The Balaban J connectivity index is 2.49. The molecular formula is C11H24N2. The quantitative estimate of drug-likeness (QED) is 0.720. The molecule has 0 radical (unpaired) electrons. The van der Waals surface area contributed by atoms with Crippen molar-refractivity contribution in [3.8, 4) is 0 Å². The van der Waals surface area contributed by atoms with Gasteiger partial charge in [0, 0.05) is 31.2 Å². The van der Waals surface area contributed by atoms with Crippen LogP contribution in [0.5, 0.6) is 0 Å². The Morgan fingerprint density at radius 2 is 2.15 bits per heavy atom. The molecule has 0 saturated carbocycles. The molecule has 0 aromatic carbocycles. The van der Waals surface area contributed by atoms with E-state index >= 15 is 0 Å². The molecule has 0 spiro atoms. The second-order valence-electron chi connectivity index (χ2n) is 4.32. The maximum Gasteiger partial charge on any atom is 0.0195 e. The Hall–Kier alpha value is -0.0800. The van der Waals surface area contributed by atoms with Crippen molar-refractivity contribution >= 4 is 0 Å². The number of piperazine rings is 1. The molecule has 2 nitrogen and oxygen atoms in total. The molecule has 2 heteroatoms. The number of nitrogens with zero attached hydrogens (tertiary/aromatic N) is 1. The number of hydrogen-bond donors (Lipinski definition) is 1.